The zero-order valence-electron chi connectivity index (χ0n) is 13.6. The number of carbonyl (C=O) groups is 1. The van der Waals surface area contributed by atoms with Crippen molar-refractivity contribution in [1.82, 2.24) is 10.3 Å². The Morgan fingerprint density at radius 3 is 3.00 bits per heavy atom. The number of amides is 1. The number of allylic oxidation sites excluding steroid dienone is 2. The third-order valence-electron chi connectivity index (χ3n) is 4.99. The van der Waals surface area contributed by atoms with Crippen LogP contribution in [0.5, 0.6) is 0 Å². The fourth-order valence-electron chi connectivity index (χ4n) is 3.55. The summed E-state index contributed by atoms with van der Waals surface area (Å²) in [6.45, 7) is 2.32. The van der Waals surface area contributed by atoms with Crippen LogP contribution in [0.1, 0.15) is 30.2 Å². The van der Waals surface area contributed by atoms with Crippen LogP contribution in [0.25, 0.3) is 10.2 Å². The smallest absolute Gasteiger partial charge is 0.224 e. The number of thiazole rings is 1. The zero-order valence-corrected chi connectivity index (χ0v) is 14.4. The topological polar surface area (TPSA) is 51.2 Å². The molecule has 0 bridgehead atoms. The van der Waals surface area contributed by atoms with Crippen LogP contribution in [0.2, 0.25) is 0 Å². The number of benzene rings is 1. The van der Waals surface area contributed by atoms with E-state index in [9.17, 15) is 4.79 Å². The highest BCUT2D eigenvalue weighted by Gasteiger charge is 2.32. The summed E-state index contributed by atoms with van der Waals surface area (Å²) in [5.41, 5.74) is 1.04. The second-order valence-corrected chi connectivity index (χ2v) is 7.71. The van der Waals surface area contributed by atoms with Crippen molar-refractivity contribution in [3.05, 3.63) is 41.4 Å². The maximum atomic E-state index is 12.7. The van der Waals surface area contributed by atoms with Crippen molar-refractivity contribution < 1.29 is 9.53 Å². The summed E-state index contributed by atoms with van der Waals surface area (Å²) in [6.07, 6.45) is 7.06. The summed E-state index contributed by atoms with van der Waals surface area (Å²) >= 11 is 1.72. The molecule has 4 nitrogen and oxygen atoms in total. The van der Waals surface area contributed by atoms with Crippen molar-refractivity contribution >= 4 is 27.5 Å². The molecule has 1 aromatic carbocycles. The normalized spacial score (nSPS) is 26.8. The summed E-state index contributed by atoms with van der Waals surface area (Å²) in [5.74, 6) is 0.801. The van der Waals surface area contributed by atoms with Gasteiger partial charge in [-0.15, -0.1) is 11.3 Å². The summed E-state index contributed by atoms with van der Waals surface area (Å²) in [7, 11) is 0. The van der Waals surface area contributed by atoms with Gasteiger partial charge >= 0.3 is 0 Å². The molecule has 1 aliphatic carbocycles. The highest BCUT2D eigenvalue weighted by Crippen LogP contribution is 2.38. The van der Waals surface area contributed by atoms with E-state index < -0.39 is 0 Å². The highest BCUT2D eigenvalue weighted by molar-refractivity contribution is 7.18. The van der Waals surface area contributed by atoms with E-state index in [0.717, 1.165) is 49.5 Å². The predicted octanol–water partition coefficient (Wildman–Crippen LogP) is 3.50. The molecule has 0 spiro atoms. The number of rotatable bonds is 4. The van der Waals surface area contributed by atoms with Crippen LogP contribution >= 0.6 is 11.3 Å². The first-order chi connectivity index (χ1) is 11.8. The first-order valence-corrected chi connectivity index (χ1v) is 9.49. The average molecular weight is 342 g/mol. The third kappa shape index (κ3) is 3.23. The zero-order chi connectivity index (χ0) is 16.4. The Morgan fingerprint density at radius 2 is 2.17 bits per heavy atom. The molecule has 2 aromatic rings. The quantitative estimate of drug-likeness (QED) is 0.865. The lowest BCUT2D eigenvalue weighted by Crippen LogP contribution is -2.37. The maximum absolute atomic E-state index is 12.7. The van der Waals surface area contributed by atoms with E-state index >= 15 is 0 Å². The van der Waals surface area contributed by atoms with Crippen molar-refractivity contribution in [3.8, 4) is 0 Å². The SMILES string of the molecule is O=C(NCC1CCOC1)C1CC=CCC1c1nc2ccccc2s1. The van der Waals surface area contributed by atoms with Gasteiger partial charge in [-0.05, 0) is 31.4 Å². The van der Waals surface area contributed by atoms with Crippen molar-refractivity contribution in [2.24, 2.45) is 11.8 Å². The van der Waals surface area contributed by atoms with Crippen molar-refractivity contribution in [2.75, 3.05) is 19.8 Å². The van der Waals surface area contributed by atoms with E-state index in [-0.39, 0.29) is 17.7 Å². The molecule has 1 N–H and O–H groups in total. The fraction of sp³-hybridized carbons (Fsp3) is 0.474. The van der Waals surface area contributed by atoms with E-state index in [1.54, 1.807) is 11.3 Å². The van der Waals surface area contributed by atoms with E-state index in [0.29, 0.717) is 5.92 Å². The Labute approximate surface area is 145 Å². The summed E-state index contributed by atoms with van der Waals surface area (Å²) < 4.78 is 6.59. The number of nitrogens with zero attached hydrogens (tertiary/aromatic N) is 1. The molecular formula is C19H22N2O2S. The lowest BCUT2D eigenvalue weighted by Gasteiger charge is -2.26. The summed E-state index contributed by atoms with van der Waals surface area (Å²) in [4.78, 5) is 17.5. The number of hydrogen-bond donors (Lipinski definition) is 1. The Kier molecular flexibility index (Phi) is 4.63. The monoisotopic (exact) mass is 342 g/mol. The number of carbonyl (C=O) groups excluding carboxylic acids is 1. The largest absolute Gasteiger partial charge is 0.381 e. The minimum atomic E-state index is -0.0158. The molecule has 2 aliphatic rings. The molecule has 3 atom stereocenters. The van der Waals surface area contributed by atoms with E-state index in [4.69, 9.17) is 9.72 Å². The molecule has 0 saturated carbocycles. The van der Waals surface area contributed by atoms with Gasteiger partial charge in [0.05, 0.1) is 27.7 Å². The lowest BCUT2D eigenvalue weighted by molar-refractivity contribution is -0.125. The molecule has 1 saturated heterocycles. The van der Waals surface area contributed by atoms with Gasteiger partial charge in [0, 0.05) is 25.0 Å². The second kappa shape index (κ2) is 7.03. The van der Waals surface area contributed by atoms with Gasteiger partial charge in [-0.1, -0.05) is 24.3 Å². The molecule has 126 valence electrons. The Morgan fingerprint density at radius 1 is 1.29 bits per heavy atom. The van der Waals surface area contributed by atoms with Crippen LogP contribution in [0.15, 0.2) is 36.4 Å². The highest BCUT2D eigenvalue weighted by atomic mass is 32.1. The minimum absolute atomic E-state index is 0.0158. The van der Waals surface area contributed by atoms with Gasteiger partial charge < -0.3 is 10.1 Å². The number of aromatic nitrogens is 1. The van der Waals surface area contributed by atoms with E-state index in [1.807, 2.05) is 18.2 Å². The van der Waals surface area contributed by atoms with Crippen LogP contribution in [0.4, 0.5) is 0 Å². The van der Waals surface area contributed by atoms with Gasteiger partial charge in [0.1, 0.15) is 0 Å². The molecule has 1 amide bonds. The van der Waals surface area contributed by atoms with Gasteiger partial charge in [0.25, 0.3) is 0 Å². The summed E-state index contributed by atoms with van der Waals surface area (Å²) in [6, 6.07) is 8.20. The Bertz CT molecular complexity index is 716. The molecule has 1 aliphatic heterocycles. The maximum Gasteiger partial charge on any atom is 0.224 e. The minimum Gasteiger partial charge on any atom is -0.381 e. The standard InChI is InChI=1S/C19H22N2O2S/c22-18(20-11-13-9-10-23-12-13)14-5-1-2-6-15(14)19-21-16-7-3-4-8-17(16)24-19/h1-4,7-8,13-15H,5-6,9-12H2,(H,20,22). The van der Waals surface area contributed by atoms with Crippen molar-refractivity contribution in [3.63, 3.8) is 0 Å². The van der Waals surface area contributed by atoms with Gasteiger partial charge in [-0.3, -0.25) is 4.79 Å². The van der Waals surface area contributed by atoms with E-state index in [1.165, 1.54) is 4.70 Å². The van der Waals surface area contributed by atoms with Gasteiger partial charge in [-0.2, -0.15) is 0 Å². The molecule has 1 aromatic heterocycles. The fourth-order valence-corrected chi connectivity index (χ4v) is 4.69. The number of nitrogens with one attached hydrogen (secondary N) is 1. The number of hydrogen-bond acceptors (Lipinski definition) is 4. The van der Waals surface area contributed by atoms with Crippen LogP contribution in [-0.2, 0) is 9.53 Å². The lowest BCUT2D eigenvalue weighted by atomic mass is 9.82. The number of para-hydroxylation sites is 1. The van der Waals surface area contributed by atoms with E-state index in [2.05, 4.69) is 23.5 Å². The molecular weight excluding hydrogens is 320 g/mol. The second-order valence-electron chi connectivity index (χ2n) is 6.65. The molecule has 2 heterocycles. The first kappa shape index (κ1) is 15.8. The van der Waals surface area contributed by atoms with Crippen LogP contribution in [-0.4, -0.2) is 30.6 Å². The molecule has 5 heteroatoms. The van der Waals surface area contributed by atoms with Crippen LogP contribution in [0, 0.1) is 11.8 Å². The van der Waals surface area contributed by atoms with Crippen LogP contribution < -0.4 is 5.32 Å². The molecule has 24 heavy (non-hydrogen) atoms. The average Bonchev–Trinajstić information content (AvgIpc) is 3.29. The van der Waals surface area contributed by atoms with Crippen molar-refractivity contribution in [1.29, 1.82) is 0 Å². The Hall–Kier alpha value is -1.72. The van der Waals surface area contributed by atoms with Crippen LogP contribution in [0.3, 0.4) is 0 Å². The third-order valence-corrected chi connectivity index (χ3v) is 6.15. The molecule has 3 unspecified atom stereocenters. The molecule has 1 fully saturated rings. The van der Waals surface area contributed by atoms with Crippen molar-refractivity contribution in [2.45, 2.75) is 25.2 Å². The first-order valence-electron chi connectivity index (χ1n) is 8.67. The van der Waals surface area contributed by atoms with Gasteiger partial charge in [0.15, 0.2) is 0 Å². The van der Waals surface area contributed by atoms with Gasteiger partial charge in [-0.25, -0.2) is 4.98 Å². The molecule has 0 radical (unpaired) electrons. The summed E-state index contributed by atoms with van der Waals surface area (Å²) in [5, 5.41) is 4.24. The number of ether oxygens (including phenoxy) is 1. The molecule has 4 rings (SSSR count). The number of fused-ring (bicyclic) bond motifs is 1. The Balaban J connectivity index is 1.49. The predicted molar refractivity (Wildman–Crippen MR) is 96.2 cm³/mol. The van der Waals surface area contributed by atoms with Gasteiger partial charge in [0.2, 0.25) is 5.91 Å².